The third-order valence-electron chi connectivity index (χ3n) is 3.39. The first-order valence-electron chi connectivity index (χ1n) is 6.42. The van der Waals surface area contributed by atoms with Crippen molar-refractivity contribution in [3.8, 4) is 0 Å². The van der Waals surface area contributed by atoms with Crippen LogP contribution in [-0.2, 0) is 0 Å². The van der Waals surface area contributed by atoms with Crippen molar-refractivity contribution in [1.29, 1.82) is 0 Å². The SMILES string of the molecule is CN=CN(C)c1cc(C2CC2)ccc1C(C)C. The van der Waals surface area contributed by atoms with E-state index in [-0.39, 0.29) is 0 Å². The third-order valence-corrected chi connectivity index (χ3v) is 3.39. The number of anilines is 1. The van der Waals surface area contributed by atoms with Crippen LogP contribution < -0.4 is 4.90 Å². The highest BCUT2D eigenvalue weighted by Crippen LogP contribution is 2.42. The van der Waals surface area contributed by atoms with E-state index in [4.69, 9.17) is 0 Å². The van der Waals surface area contributed by atoms with E-state index in [0.717, 1.165) is 5.92 Å². The van der Waals surface area contributed by atoms with Gasteiger partial charge in [0.15, 0.2) is 0 Å². The largest absolute Gasteiger partial charge is 0.336 e. The smallest absolute Gasteiger partial charge is 0.0888 e. The first-order valence-corrected chi connectivity index (χ1v) is 6.42. The summed E-state index contributed by atoms with van der Waals surface area (Å²) in [4.78, 5) is 6.23. The van der Waals surface area contributed by atoms with Gasteiger partial charge in [0.1, 0.15) is 0 Å². The maximum Gasteiger partial charge on any atom is 0.0888 e. The van der Waals surface area contributed by atoms with Crippen LogP contribution >= 0.6 is 0 Å². The lowest BCUT2D eigenvalue weighted by Crippen LogP contribution is -2.16. The average molecular weight is 230 g/mol. The minimum absolute atomic E-state index is 0.547. The monoisotopic (exact) mass is 230 g/mol. The number of hydrogen-bond acceptors (Lipinski definition) is 1. The van der Waals surface area contributed by atoms with Gasteiger partial charge < -0.3 is 4.90 Å². The second-order valence-electron chi connectivity index (χ2n) is 5.23. The maximum atomic E-state index is 4.10. The Morgan fingerprint density at radius 1 is 1.35 bits per heavy atom. The summed E-state index contributed by atoms with van der Waals surface area (Å²) in [5.41, 5.74) is 4.19. The Hall–Kier alpha value is -1.31. The molecule has 2 heteroatoms. The van der Waals surface area contributed by atoms with Crippen LogP contribution in [-0.4, -0.2) is 20.4 Å². The Labute approximate surface area is 104 Å². The summed E-state index contributed by atoms with van der Waals surface area (Å²) < 4.78 is 0. The lowest BCUT2D eigenvalue weighted by atomic mass is 9.97. The Morgan fingerprint density at radius 3 is 2.59 bits per heavy atom. The Balaban J connectivity index is 2.38. The molecule has 2 nitrogen and oxygen atoms in total. The molecule has 0 bridgehead atoms. The molecule has 0 unspecified atom stereocenters. The molecule has 0 N–H and O–H groups in total. The molecule has 0 aromatic heterocycles. The van der Waals surface area contributed by atoms with Gasteiger partial charge in [-0.05, 0) is 41.9 Å². The molecular weight excluding hydrogens is 208 g/mol. The van der Waals surface area contributed by atoms with Gasteiger partial charge in [0.25, 0.3) is 0 Å². The van der Waals surface area contributed by atoms with Gasteiger partial charge in [-0.15, -0.1) is 0 Å². The molecule has 1 saturated carbocycles. The molecule has 0 radical (unpaired) electrons. The number of aliphatic imine (C=N–C) groups is 1. The topological polar surface area (TPSA) is 15.6 Å². The van der Waals surface area contributed by atoms with Gasteiger partial charge in [-0.3, -0.25) is 4.99 Å². The average Bonchev–Trinajstić information content (AvgIpc) is 3.12. The van der Waals surface area contributed by atoms with Crippen molar-refractivity contribution in [3.63, 3.8) is 0 Å². The molecule has 1 aromatic rings. The second kappa shape index (κ2) is 4.91. The summed E-state index contributed by atoms with van der Waals surface area (Å²) in [6.07, 6.45) is 4.59. The van der Waals surface area contributed by atoms with Gasteiger partial charge in [0.2, 0.25) is 0 Å². The number of hydrogen-bond donors (Lipinski definition) is 0. The molecule has 17 heavy (non-hydrogen) atoms. The van der Waals surface area contributed by atoms with E-state index in [1.165, 1.54) is 29.7 Å². The van der Waals surface area contributed by atoms with E-state index >= 15 is 0 Å². The summed E-state index contributed by atoms with van der Waals surface area (Å²) in [7, 11) is 3.89. The van der Waals surface area contributed by atoms with Crippen LogP contribution in [0.1, 0.15) is 49.7 Å². The molecule has 92 valence electrons. The summed E-state index contributed by atoms with van der Waals surface area (Å²) >= 11 is 0. The molecule has 0 amide bonds. The van der Waals surface area contributed by atoms with Crippen molar-refractivity contribution in [2.75, 3.05) is 19.0 Å². The highest BCUT2D eigenvalue weighted by Gasteiger charge is 2.24. The number of rotatable bonds is 4. The van der Waals surface area contributed by atoms with Crippen LogP contribution in [0.15, 0.2) is 23.2 Å². The minimum atomic E-state index is 0.547. The summed E-state index contributed by atoms with van der Waals surface area (Å²) in [5, 5.41) is 0. The zero-order valence-electron chi connectivity index (χ0n) is 11.3. The van der Waals surface area contributed by atoms with Gasteiger partial charge in [-0.2, -0.15) is 0 Å². The van der Waals surface area contributed by atoms with Crippen molar-refractivity contribution in [2.45, 2.75) is 38.5 Å². The molecule has 2 rings (SSSR count). The normalized spacial score (nSPS) is 15.8. The van der Waals surface area contributed by atoms with Gasteiger partial charge >= 0.3 is 0 Å². The van der Waals surface area contributed by atoms with Crippen LogP contribution in [0.2, 0.25) is 0 Å². The molecule has 0 heterocycles. The minimum Gasteiger partial charge on any atom is -0.336 e. The predicted molar refractivity (Wildman–Crippen MR) is 75.3 cm³/mol. The molecule has 0 aliphatic heterocycles. The zero-order chi connectivity index (χ0) is 12.4. The lowest BCUT2D eigenvalue weighted by Gasteiger charge is -2.21. The molecule has 1 aromatic carbocycles. The standard InChI is InChI=1S/C15H22N2/c1-11(2)14-8-7-13(12-5-6-12)9-15(14)17(4)10-16-3/h7-12H,5-6H2,1-4H3. The third kappa shape index (κ3) is 2.68. The molecule has 0 spiro atoms. The maximum absolute atomic E-state index is 4.10. The second-order valence-corrected chi connectivity index (χ2v) is 5.23. The van der Waals surface area contributed by atoms with E-state index in [2.05, 4.69) is 49.0 Å². The van der Waals surface area contributed by atoms with Crippen LogP contribution in [0, 0.1) is 0 Å². The summed E-state index contributed by atoms with van der Waals surface area (Å²) in [5.74, 6) is 1.35. The van der Waals surface area contributed by atoms with Crippen LogP contribution in [0.5, 0.6) is 0 Å². The van der Waals surface area contributed by atoms with E-state index < -0.39 is 0 Å². The van der Waals surface area contributed by atoms with Crippen molar-refractivity contribution in [1.82, 2.24) is 0 Å². The zero-order valence-corrected chi connectivity index (χ0v) is 11.3. The molecule has 1 aliphatic carbocycles. The summed E-state index contributed by atoms with van der Waals surface area (Å²) in [6.45, 7) is 4.49. The first kappa shape index (κ1) is 12.2. The van der Waals surface area contributed by atoms with E-state index in [1.807, 2.05) is 13.4 Å². The van der Waals surface area contributed by atoms with Crippen LogP contribution in [0.3, 0.4) is 0 Å². The molecule has 0 saturated heterocycles. The van der Waals surface area contributed by atoms with Crippen molar-refractivity contribution < 1.29 is 0 Å². The van der Waals surface area contributed by atoms with Gasteiger partial charge in [-0.1, -0.05) is 26.0 Å². The fourth-order valence-electron chi connectivity index (χ4n) is 2.26. The fourth-order valence-corrected chi connectivity index (χ4v) is 2.26. The number of nitrogens with zero attached hydrogens (tertiary/aromatic N) is 2. The Kier molecular flexibility index (Phi) is 3.51. The first-order chi connectivity index (χ1) is 8.13. The van der Waals surface area contributed by atoms with Crippen molar-refractivity contribution in [2.24, 2.45) is 4.99 Å². The van der Waals surface area contributed by atoms with Crippen molar-refractivity contribution >= 4 is 12.0 Å². The van der Waals surface area contributed by atoms with Gasteiger partial charge in [0, 0.05) is 19.8 Å². The predicted octanol–water partition coefficient (Wildman–Crippen LogP) is 3.78. The molecule has 1 aliphatic rings. The lowest BCUT2D eigenvalue weighted by molar-refractivity contribution is 0.862. The van der Waals surface area contributed by atoms with E-state index in [0.29, 0.717) is 5.92 Å². The van der Waals surface area contributed by atoms with Crippen LogP contribution in [0.4, 0.5) is 5.69 Å². The number of benzene rings is 1. The van der Waals surface area contributed by atoms with Crippen LogP contribution in [0.25, 0.3) is 0 Å². The quantitative estimate of drug-likeness (QED) is 0.567. The molecular formula is C15H22N2. The Bertz CT molecular complexity index is 417. The molecule has 0 atom stereocenters. The highest BCUT2D eigenvalue weighted by molar-refractivity contribution is 5.80. The van der Waals surface area contributed by atoms with Gasteiger partial charge in [0.05, 0.1) is 6.34 Å². The Morgan fingerprint density at radius 2 is 2.06 bits per heavy atom. The summed E-state index contributed by atoms with van der Waals surface area (Å²) in [6, 6.07) is 6.93. The van der Waals surface area contributed by atoms with E-state index in [1.54, 1.807) is 0 Å². The van der Waals surface area contributed by atoms with Crippen molar-refractivity contribution in [3.05, 3.63) is 29.3 Å². The van der Waals surface area contributed by atoms with E-state index in [9.17, 15) is 0 Å². The molecule has 1 fully saturated rings. The fraction of sp³-hybridized carbons (Fsp3) is 0.533. The van der Waals surface area contributed by atoms with Gasteiger partial charge in [-0.25, -0.2) is 0 Å². The highest BCUT2D eigenvalue weighted by atomic mass is 15.1.